The number of aromatic nitrogens is 5. The zero-order chi connectivity index (χ0) is 30.2. The summed E-state index contributed by atoms with van der Waals surface area (Å²) in [6.07, 6.45) is 6.96. The van der Waals surface area contributed by atoms with Gasteiger partial charge in [-0.05, 0) is 56.6 Å². The van der Waals surface area contributed by atoms with Gasteiger partial charge in [-0.25, -0.2) is 32.9 Å². The summed E-state index contributed by atoms with van der Waals surface area (Å²) in [6.45, 7) is 5.22. The first-order valence-electron chi connectivity index (χ1n) is 13.5. The van der Waals surface area contributed by atoms with Crippen molar-refractivity contribution in [2.75, 3.05) is 0 Å². The van der Waals surface area contributed by atoms with E-state index in [2.05, 4.69) is 26.5 Å². The minimum absolute atomic E-state index is 0.0756. The maximum atomic E-state index is 16.9. The van der Waals surface area contributed by atoms with E-state index in [0.717, 1.165) is 38.7 Å². The molecule has 42 heavy (non-hydrogen) atoms. The summed E-state index contributed by atoms with van der Waals surface area (Å²) >= 11 is 6.23. The fourth-order valence-corrected chi connectivity index (χ4v) is 5.92. The minimum Gasteiger partial charge on any atom is -0.465 e. The molecule has 1 amide bonds. The Hall–Kier alpha value is -4.06. The highest BCUT2D eigenvalue weighted by Gasteiger charge is 2.44. The smallest absolute Gasteiger partial charge is 0.410 e. The second-order valence-electron chi connectivity index (χ2n) is 10.7. The molecule has 0 spiro atoms. The lowest BCUT2D eigenvalue weighted by Gasteiger charge is -2.31. The summed E-state index contributed by atoms with van der Waals surface area (Å²) in [6, 6.07) is 1.56. The van der Waals surface area contributed by atoms with Crippen LogP contribution in [0.5, 0.6) is 0 Å². The Morgan fingerprint density at radius 2 is 2.02 bits per heavy atom. The number of carboxylic acid groups (broad SMARTS) is 1. The zero-order valence-corrected chi connectivity index (χ0v) is 23.5. The van der Waals surface area contributed by atoms with E-state index in [9.17, 15) is 4.79 Å². The van der Waals surface area contributed by atoms with Crippen LogP contribution in [0.15, 0.2) is 54.7 Å². The number of carbonyl (C=O) groups is 1. The van der Waals surface area contributed by atoms with E-state index in [1.807, 2.05) is 11.4 Å². The summed E-state index contributed by atoms with van der Waals surface area (Å²) in [5.41, 5.74) is -2.66. The van der Waals surface area contributed by atoms with Crippen molar-refractivity contribution in [2.24, 2.45) is 11.8 Å². The average Bonchev–Trinajstić information content (AvgIpc) is 3.31. The van der Waals surface area contributed by atoms with Crippen molar-refractivity contribution in [3.8, 4) is 11.3 Å². The molecular formula is C29H29ClF3N7O2. The highest BCUT2D eigenvalue weighted by atomic mass is 35.5. The predicted molar refractivity (Wildman–Crippen MR) is 152 cm³/mol. The van der Waals surface area contributed by atoms with Crippen LogP contribution < -0.4 is 5.32 Å². The number of amidine groups is 1. The van der Waals surface area contributed by atoms with Gasteiger partial charge in [0.2, 0.25) is 0 Å². The highest BCUT2D eigenvalue weighted by Crippen LogP contribution is 2.44. The van der Waals surface area contributed by atoms with E-state index in [1.54, 1.807) is 10.6 Å². The largest absolute Gasteiger partial charge is 0.465 e. The van der Waals surface area contributed by atoms with Crippen molar-refractivity contribution in [3.63, 3.8) is 0 Å². The number of nitrogens with one attached hydrogen (secondary N) is 2. The number of imidazole rings is 1. The molecule has 1 saturated carbocycles. The Kier molecular flexibility index (Phi) is 8.18. The first-order valence-corrected chi connectivity index (χ1v) is 13.9. The molecule has 0 saturated heterocycles. The minimum atomic E-state index is -2.69. The third kappa shape index (κ3) is 5.67. The molecule has 3 aromatic heterocycles. The van der Waals surface area contributed by atoms with Gasteiger partial charge in [-0.15, -0.1) is 6.58 Å². The van der Waals surface area contributed by atoms with Crippen LogP contribution in [0, 0.1) is 17.2 Å². The highest BCUT2D eigenvalue weighted by molar-refractivity contribution is 6.30. The van der Waals surface area contributed by atoms with Gasteiger partial charge >= 0.3 is 6.09 Å². The summed E-state index contributed by atoms with van der Waals surface area (Å²) in [7, 11) is 0. The first kappa shape index (κ1) is 29.4. The number of amides is 1. The third-order valence-corrected chi connectivity index (χ3v) is 8.01. The second-order valence-corrected chi connectivity index (χ2v) is 11.1. The first-order chi connectivity index (χ1) is 20.0. The molecule has 220 valence electrons. The number of nitrogens with zero attached hydrogens (tertiary/aromatic N) is 5. The predicted octanol–water partition coefficient (Wildman–Crippen LogP) is 6.83. The van der Waals surface area contributed by atoms with E-state index in [-0.39, 0.29) is 52.4 Å². The molecule has 5 rings (SSSR count). The summed E-state index contributed by atoms with van der Waals surface area (Å²) in [5, 5.41) is 19.5. The summed E-state index contributed by atoms with van der Waals surface area (Å²) in [4.78, 5) is 28.6. The Morgan fingerprint density at radius 3 is 2.67 bits per heavy atom. The molecular weight excluding hydrogens is 571 g/mol. The van der Waals surface area contributed by atoms with E-state index < -0.39 is 35.2 Å². The van der Waals surface area contributed by atoms with Gasteiger partial charge in [0.15, 0.2) is 28.8 Å². The number of rotatable bonds is 7. The maximum Gasteiger partial charge on any atom is 0.410 e. The maximum absolute atomic E-state index is 16.9. The molecule has 0 aromatic carbocycles. The normalized spacial score (nSPS) is 22.2. The monoisotopic (exact) mass is 599 g/mol. The van der Waals surface area contributed by atoms with Crippen LogP contribution in [0.3, 0.4) is 0 Å². The van der Waals surface area contributed by atoms with Gasteiger partial charge in [0.05, 0.1) is 5.02 Å². The van der Waals surface area contributed by atoms with Crippen molar-refractivity contribution in [1.29, 1.82) is 5.41 Å². The van der Waals surface area contributed by atoms with Gasteiger partial charge in [-0.1, -0.05) is 23.8 Å². The lowest BCUT2D eigenvalue weighted by molar-refractivity contribution is 0.174. The molecule has 3 heterocycles. The SMILES string of the molecule is C=C[C@H]1CC[C@H](Cn2c(C(C)(F)C3=C(F)C=CCC3F)nc3nc(C(=N)NC(=O)O)nc(-c4cncc(Cl)c4)c32)CC1. The van der Waals surface area contributed by atoms with E-state index in [4.69, 9.17) is 22.1 Å². The number of allylic oxidation sites excluding steroid dienone is 5. The van der Waals surface area contributed by atoms with Crippen molar-refractivity contribution in [2.45, 2.75) is 57.4 Å². The standard InChI is InChI=1S/C29H29ClF3N7O2/c1-3-15-7-9-16(10-8-15)14-40-23-22(17-11-18(30)13-35-12-17)36-26(24(34)37-28(41)42)38-25(23)39-27(40)29(2,33)21-19(31)5-4-6-20(21)32/h3-5,11-13,15-16,20H,1,6-10,14H2,2H3,(H2,34,37)(H,41,42)/t15-,16-,20?,29?. The van der Waals surface area contributed by atoms with Crippen LogP contribution in [-0.4, -0.2) is 47.7 Å². The van der Waals surface area contributed by atoms with Gasteiger partial charge in [0.25, 0.3) is 0 Å². The number of alkyl halides is 2. The molecule has 13 heteroatoms. The molecule has 2 aliphatic rings. The number of hydrogen-bond acceptors (Lipinski definition) is 6. The molecule has 9 nitrogen and oxygen atoms in total. The van der Waals surface area contributed by atoms with Crippen LogP contribution in [-0.2, 0) is 12.2 Å². The van der Waals surface area contributed by atoms with Gasteiger partial charge in [-0.3, -0.25) is 15.7 Å². The average molecular weight is 600 g/mol. The van der Waals surface area contributed by atoms with Gasteiger partial charge in [0, 0.05) is 36.5 Å². The molecule has 3 aromatic rings. The van der Waals surface area contributed by atoms with Crippen molar-refractivity contribution in [3.05, 3.63) is 71.3 Å². The van der Waals surface area contributed by atoms with Gasteiger partial charge in [0.1, 0.15) is 23.2 Å². The Morgan fingerprint density at radius 1 is 1.29 bits per heavy atom. The van der Waals surface area contributed by atoms with Crippen LogP contribution in [0.2, 0.25) is 5.02 Å². The molecule has 2 aliphatic carbocycles. The Labute approximate surface area is 244 Å². The molecule has 1 fully saturated rings. The third-order valence-electron chi connectivity index (χ3n) is 7.81. The van der Waals surface area contributed by atoms with E-state index in [1.165, 1.54) is 18.5 Å². The fraction of sp³-hybridized carbons (Fsp3) is 0.379. The van der Waals surface area contributed by atoms with Crippen molar-refractivity contribution >= 4 is 34.7 Å². The lowest BCUT2D eigenvalue weighted by Crippen LogP contribution is -2.32. The summed E-state index contributed by atoms with van der Waals surface area (Å²) < 4.78 is 48.6. The van der Waals surface area contributed by atoms with Crippen LogP contribution in [0.1, 0.15) is 50.7 Å². The van der Waals surface area contributed by atoms with Gasteiger partial charge < -0.3 is 9.67 Å². The van der Waals surface area contributed by atoms with Crippen LogP contribution >= 0.6 is 11.6 Å². The fourth-order valence-electron chi connectivity index (χ4n) is 5.74. The molecule has 2 unspecified atom stereocenters. The molecule has 2 atom stereocenters. The molecule has 3 N–H and O–H groups in total. The topological polar surface area (TPSA) is 130 Å². The van der Waals surface area contributed by atoms with Gasteiger partial charge in [-0.2, -0.15) is 0 Å². The van der Waals surface area contributed by atoms with E-state index >= 15 is 13.2 Å². The Bertz CT molecular complexity index is 1630. The number of halogens is 4. The number of hydrogen-bond donors (Lipinski definition) is 3. The molecule has 0 bridgehead atoms. The zero-order valence-electron chi connectivity index (χ0n) is 22.7. The quantitative estimate of drug-likeness (QED) is 0.155. The lowest BCUT2D eigenvalue weighted by atomic mass is 9.82. The van der Waals surface area contributed by atoms with Crippen molar-refractivity contribution in [1.82, 2.24) is 29.8 Å². The summed E-state index contributed by atoms with van der Waals surface area (Å²) in [5.74, 6) is -1.81. The molecule has 0 aliphatic heterocycles. The molecule has 0 radical (unpaired) electrons. The number of fused-ring (bicyclic) bond motifs is 1. The second kappa shape index (κ2) is 11.7. The van der Waals surface area contributed by atoms with Crippen LogP contribution in [0.4, 0.5) is 18.0 Å². The van der Waals surface area contributed by atoms with E-state index in [0.29, 0.717) is 11.5 Å². The van der Waals surface area contributed by atoms with Crippen LogP contribution in [0.25, 0.3) is 22.4 Å². The Balaban J connectivity index is 1.77. The van der Waals surface area contributed by atoms with Crippen molar-refractivity contribution < 1.29 is 23.1 Å². The number of pyridine rings is 1.